The number of halogens is 1. The lowest BCUT2D eigenvalue weighted by atomic mass is 9.97. The third-order valence-corrected chi connectivity index (χ3v) is 5.99. The van der Waals surface area contributed by atoms with Crippen LogP contribution in [-0.2, 0) is 13.0 Å². The monoisotopic (exact) mass is 403 g/mol. The van der Waals surface area contributed by atoms with E-state index in [0.29, 0.717) is 0 Å². The second-order valence-corrected chi connectivity index (χ2v) is 7.83. The van der Waals surface area contributed by atoms with Gasteiger partial charge >= 0.3 is 0 Å². The first kappa shape index (κ1) is 18.1. The molecule has 1 aliphatic heterocycles. The second-order valence-electron chi connectivity index (χ2n) is 7.40. The summed E-state index contributed by atoms with van der Waals surface area (Å²) in [5.74, 6) is 1.71. The largest absolute Gasteiger partial charge is 0.497 e. The highest BCUT2D eigenvalue weighted by Crippen LogP contribution is 2.45. The Morgan fingerprint density at radius 1 is 0.828 bits per heavy atom. The Labute approximate surface area is 175 Å². The van der Waals surface area contributed by atoms with Crippen LogP contribution in [0.25, 0.3) is 33.3 Å². The predicted octanol–water partition coefficient (Wildman–Crippen LogP) is 6.59. The molecule has 0 amide bonds. The molecule has 0 bridgehead atoms. The number of benzene rings is 3. The van der Waals surface area contributed by atoms with Gasteiger partial charge in [-0.2, -0.15) is 0 Å². The van der Waals surface area contributed by atoms with Crippen LogP contribution in [0.15, 0.2) is 60.7 Å². The molecule has 146 valence electrons. The van der Waals surface area contributed by atoms with Crippen LogP contribution >= 0.6 is 11.6 Å². The van der Waals surface area contributed by atoms with Crippen molar-refractivity contribution in [3.8, 4) is 33.9 Å². The van der Waals surface area contributed by atoms with E-state index < -0.39 is 0 Å². The molecule has 29 heavy (non-hydrogen) atoms. The van der Waals surface area contributed by atoms with Gasteiger partial charge in [-0.15, -0.1) is 0 Å². The Bertz CT molecular complexity index is 1190. The summed E-state index contributed by atoms with van der Waals surface area (Å²) in [7, 11) is 3.39. The molecule has 0 spiro atoms. The van der Waals surface area contributed by atoms with Crippen LogP contribution in [0, 0.1) is 0 Å². The molecule has 0 saturated carbocycles. The standard InChI is InChI=1S/C25H22ClNO2/c1-28-20-9-5-16(6-10-20)23-22-15-19(26)14-18-4-3-13-27(24(18)22)25(23)17-7-11-21(29-2)12-8-17/h5-12,14-15H,3-4,13H2,1-2H3. The van der Waals surface area contributed by atoms with Crippen molar-refractivity contribution in [1.82, 2.24) is 4.57 Å². The molecule has 0 fully saturated rings. The quantitative estimate of drug-likeness (QED) is 0.383. The molecule has 4 aromatic rings. The molecule has 5 rings (SSSR count). The highest BCUT2D eigenvalue weighted by molar-refractivity contribution is 6.32. The Kier molecular flexibility index (Phi) is 4.48. The second kappa shape index (κ2) is 7.16. The van der Waals surface area contributed by atoms with Crippen molar-refractivity contribution in [1.29, 1.82) is 0 Å². The zero-order valence-electron chi connectivity index (χ0n) is 16.5. The van der Waals surface area contributed by atoms with Gasteiger partial charge in [0.15, 0.2) is 0 Å². The van der Waals surface area contributed by atoms with Gasteiger partial charge in [0, 0.05) is 22.5 Å². The number of hydrogen-bond acceptors (Lipinski definition) is 2. The van der Waals surface area contributed by atoms with E-state index in [9.17, 15) is 0 Å². The lowest BCUT2D eigenvalue weighted by Gasteiger charge is -2.18. The zero-order valence-corrected chi connectivity index (χ0v) is 17.3. The zero-order chi connectivity index (χ0) is 20.0. The Morgan fingerprint density at radius 3 is 2.07 bits per heavy atom. The molecule has 4 heteroatoms. The summed E-state index contributed by atoms with van der Waals surface area (Å²) in [6.07, 6.45) is 2.17. The molecule has 0 radical (unpaired) electrons. The number of hydrogen-bond donors (Lipinski definition) is 0. The summed E-state index contributed by atoms with van der Waals surface area (Å²) >= 11 is 6.54. The number of methoxy groups -OCH3 is 2. The van der Waals surface area contributed by atoms with Crippen LogP contribution in [0.2, 0.25) is 5.02 Å². The molecule has 1 aliphatic rings. The fourth-order valence-electron chi connectivity index (χ4n) is 4.48. The molecule has 0 N–H and O–H groups in total. The summed E-state index contributed by atoms with van der Waals surface area (Å²) in [6.45, 7) is 1.00. The van der Waals surface area contributed by atoms with Crippen molar-refractivity contribution in [2.24, 2.45) is 0 Å². The van der Waals surface area contributed by atoms with Gasteiger partial charge in [-0.05, 0) is 78.1 Å². The molecule has 0 aliphatic carbocycles. The average molecular weight is 404 g/mol. The van der Waals surface area contributed by atoms with Gasteiger partial charge in [0.25, 0.3) is 0 Å². The highest BCUT2D eigenvalue weighted by atomic mass is 35.5. The minimum Gasteiger partial charge on any atom is -0.497 e. The minimum absolute atomic E-state index is 0.794. The van der Waals surface area contributed by atoms with E-state index in [-0.39, 0.29) is 0 Å². The first-order valence-corrected chi connectivity index (χ1v) is 10.2. The van der Waals surface area contributed by atoms with Crippen LogP contribution in [0.4, 0.5) is 0 Å². The van der Waals surface area contributed by atoms with Crippen molar-refractivity contribution in [3.63, 3.8) is 0 Å². The molecule has 3 aromatic carbocycles. The average Bonchev–Trinajstić information content (AvgIpc) is 3.09. The summed E-state index contributed by atoms with van der Waals surface area (Å²) < 4.78 is 13.2. The summed E-state index contributed by atoms with van der Waals surface area (Å²) in [5, 5.41) is 2.01. The third kappa shape index (κ3) is 2.97. The Balaban J connectivity index is 1.85. The normalized spacial score (nSPS) is 12.9. The Morgan fingerprint density at radius 2 is 1.45 bits per heavy atom. The van der Waals surface area contributed by atoms with Gasteiger partial charge in [-0.25, -0.2) is 0 Å². The van der Waals surface area contributed by atoms with Crippen molar-refractivity contribution >= 4 is 22.5 Å². The maximum atomic E-state index is 6.54. The van der Waals surface area contributed by atoms with Crippen molar-refractivity contribution < 1.29 is 9.47 Å². The van der Waals surface area contributed by atoms with Crippen LogP contribution in [0.3, 0.4) is 0 Å². The number of ether oxygens (including phenoxy) is 2. The van der Waals surface area contributed by atoms with E-state index in [0.717, 1.165) is 41.5 Å². The van der Waals surface area contributed by atoms with E-state index in [1.165, 1.54) is 33.3 Å². The number of aromatic nitrogens is 1. The van der Waals surface area contributed by atoms with E-state index in [1.54, 1.807) is 14.2 Å². The van der Waals surface area contributed by atoms with Crippen molar-refractivity contribution in [2.75, 3.05) is 14.2 Å². The fraction of sp³-hybridized carbons (Fsp3) is 0.200. The molecular weight excluding hydrogens is 382 g/mol. The van der Waals surface area contributed by atoms with Crippen LogP contribution < -0.4 is 9.47 Å². The molecule has 3 nitrogen and oxygen atoms in total. The number of rotatable bonds is 4. The van der Waals surface area contributed by atoms with Crippen LogP contribution in [0.5, 0.6) is 11.5 Å². The summed E-state index contributed by atoms with van der Waals surface area (Å²) in [5.41, 5.74) is 7.42. The predicted molar refractivity (Wildman–Crippen MR) is 119 cm³/mol. The topological polar surface area (TPSA) is 23.4 Å². The van der Waals surface area contributed by atoms with E-state index >= 15 is 0 Å². The maximum absolute atomic E-state index is 6.54. The molecule has 0 atom stereocenters. The van der Waals surface area contributed by atoms with Gasteiger partial charge in [0.05, 0.1) is 25.4 Å². The van der Waals surface area contributed by atoms with E-state index in [1.807, 2.05) is 24.3 Å². The van der Waals surface area contributed by atoms with Gasteiger partial charge in [-0.1, -0.05) is 23.7 Å². The summed E-state index contributed by atoms with van der Waals surface area (Å²) in [6, 6.07) is 20.8. The Hall–Kier alpha value is -2.91. The van der Waals surface area contributed by atoms with Gasteiger partial charge < -0.3 is 14.0 Å². The number of nitrogens with zero attached hydrogens (tertiary/aromatic N) is 1. The van der Waals surface area contributed by atoms with E-state index in [2.05, 4.69) is 41.0 Å². The lowest BCUT2D eigenvalue weighted by Crippen LogP contribution is -2.08. The van der Waals surface area contributed by atoms with Gasteiger partial charge in [-0.3, -0.25) is 0 Å². The first-order chi connectivity index (χ1) is 14.2. The maximum Gasteiger partial charge on any atom is 0.118 e. The highest BCUT2D eigenvalue weighted by Gasteiger charge is 2.24. The van der Waals surface area contributed by atoms with Crippen LogP contribution in [-0.4, -0.2) is 18.8 Å². The molecule has 0 saturated heterocycles. The van der Waals surface area contributed by atoms with Gasteiger partial charge in [0.2, 0.25) is 0 Å². The third-order valence-electron chi connectivity index (χ3n) is 5.77. The molecule has 2 heterocycles. The van der Waals surface area contributed by atoms with Crippen LogP contribution in [0.1, 0.15) is 12.0 Å². The first-order valence-electron chi connectivity index (χ1n) is 9.83. The SMILES string of the molecule is COc1ccc(-c2c(-c3ccc(OC)cc3)n3c4c(cc(Cl)cc24)CCC3)cc1. The summed E-state index contributed by atoms with van der Waals surface area (Å²) in [4.78, 5) is 0. The van der Waals surface area contributed by atoms with E-state index in [4.69, 9.17) is 21.1 Å². The molecule has 0 unspecified atom stereocenters. The molecule has 1 aromatic heterocycles. The number of aryl methyl sites for hydroxylation is 2. The van der Waals surface area contributed by atoms with Crippen molar-refractivity contribution in [3.05, 3.63) is 71.2 Å². The molecular formula is C25H22ClNO2. The van der Waals surface area contributed by atoms with Gasteiger partial charge in [0.1, 0.15) is 11.5 Å². The fourth-order valence-corrected chi connectivity index (χ4v) is 4.72. The smallest absolute Gasteiger partial charge is 0.118 e. The van der Waals surface area contributed by atoms with Crippen molar-refractivity contribution in [2.45, 2.75) is 19.4 Å². The minimum atomic E-state index is 0.794. The lowest BCUT2D eigenvalue weighted by molar-refractivity contribution is 0.414.